The third-order valence-corrected chi connectivity index (χ3v) is 5.62. The molecule has 2 aromatic carbocycles. The van der Waals surface area contributed by atoms with Crippen molar-refractivity contribution in [2.75, 3.05) is 26.3 Å². The smallest absolute Gasteiger partial charge is 0.181 e. The zero-order valence-electron chi connectivity index (χ0n) is 16.9. The number of H-pyrrole nitrogens is 1. The maximum atomic E-state index is 8.60. The highest BCUT2D eigenvalue weighted by Crippen LogP contribution is 2.31. The molecule has 1 saturated heterocycles. The van der Waals surface area contributed by atoms with Gasteiger partial charge in [-0.05, 0) is 30.2 Å². The van der Waals surface area contributed by atoms with Crippen molar-refractivity contribution >= 4 is 16.9 Å². The quantitative estimate of drug-likeness (QED) is 0.400. The summed E-state index contributed by atoms with van der Waals surface area (Å²) in [5, 5.41) is 17.1. The Morgan fingerprint density at radius 1 is 1.03 bits per heavy atom. The molecule has 0 radical (unpaired) electrons. The van der Waals surface area contributed by atoms with Crippen molar-refractivity contribution in [1.29, 1.82) is 5.41 Å². The van der Waals surface area contributed by atoms with Gasteiger partial charge in [-0.25, -0.2) is 4.98 Å². The van der Waals surface area contributed by atoms with E-state index in [1.54, 1.807) is 0 Å². The van der Waals surface area contributed by atoms with Crippen LogP contribution in [0.4, 0.5) is 0 Å². The van der Waals surface area contributed by atoms with Crippen LogP contribution in [0.25, 0.3) is 33.4 Å². The SMILES string of the molecule is Cc1ccccc1-c1[nH]nc2ncc(-c3cccc(C(=N)N4CCOCC4)c3)cc12. The summed E-state index contributed by atoms with van der Waals surface area (Å²) in [6.07, 6.45) is 1.85. The number of nitrogens with zero attached hydrogens (tertiary/aromatic N) is 3. The van der Waals surface area contributed by atoms with Gasteiger partial charge in [-0.15, -0.1) is 0 Å². The van der Waals surface area contributed by atoms with Gasteiger partial charge in [0.1, 0.15) is 5.84 Å². The number of fused-ring (bicyclic) bond motifs is 1. The lowest BCUT2D eigenvalue weighted by Gasteiger charge is -2.29. The van der Waals surface area contributed by atoms with Gasteiger partial charge in [0.05, 0.1) is 18.9 Å². The molecule has 0 aliphatic carbocycles. The molecule has 30 heavy (non-hydrogen) atoms. The molecular weight excluding hydrogens is 374 g/mol. The number of aromatic amines is 1. The minimum atomic E-state index is 0.540. The minimum Gasteiger partial charge on any atom is -0.378 e. The highest BCUT2D eigenvalue weighted by Gasteiger charge is 2.16. The Hall–Kier alpha value is -3.51. The van der Waals surface area contributed by atoms with Crippen LogP contribution in [0.5, 0.6) is 0 Å². The van der Waals surface area contributed by atoms with Gasteiger partial charge in [0.2, 0.25) is 0 Å². The first kappa shape index (κ1) is 18.5. The van der Waals surface area contributed by atoms with Crippen molar-refractivity contribution in [3.8, 4) is 22.4 Å². The van der Waals surface area contributed by atoms with Crippen LogP contribution in [0, 0.1) is 12.3 Å². The van der Waals surface area contributed by atoms with E-state index in [0.29, 0.717) is 24.7 Å². The second kappa shape index (κ2) is 7.72. The molecule has 3 heterocycles. The first-order valence-corrected chi connectivity index (χ1v) is 10.1. The fourth-order valence-electron chi connectivity index (χ4n) is 3.93. The Bertz CT molecular complexity index is 1220. The Kier molecular flexibility index (Phi) is 4.77. The van der Waals surface area contributed by atoms with Crippen LogP contribution in [0.2, 0.25) is 0 Å². The van der Waals surface area contributed by atoms with Crippen LogP contribution in [0.1, 0.15) is 11.1 Å². The third kappa shape index (κ3) is 3.35. The molecule has 4 aromatic rings. The van der Waals surface area contributed by atoms with Crippen LogP contribution in [-0.4, -0.2) is 52.2 Å². The summed E-state index contributed by atoms with van der Waals surface area (Å²) in [4.78, 5) is 6.64. The van der Waals surface area contributed by atoms with E-state index in [1.807, 2.05) is 30.5 Å². The van der Waals surface area contributed by atoms with E-state index in [2.05, 4.69) is 57.3 Å². The number of aryl methyl sites for hydroxylation is 1. The molecule has 1 fully saturated rings. The number of hydrogen-bond donors (Lipinski definition) is 2. The second-order valence-corrected chi connectivity index (χ2v) is 7.54. The molecule has 0 spiro atoms. The molecule has 2 aromatic heterocycles. The fraction of sp³-hybridized carbons (Fsp3) is 0.208. The molecule has 1 aliphatic heterocycles. The van der Waals surface area contributed by atoms with Gasteiger partial charge in [0, 0.05) is 41.4 Å². The number of hydrogen-bond acceptors (Lipinski definition) is 4. The molecule has 0 atom stereocenters. The first-order chi connectivity index (χ1) is 14.7. The highest BCUT2D eigenvalue weighted by atomic mass is 16.5. The molecule has 0 saturated carbocycles. The summed E-state index contributed by atoms with van der Waals surface area (Å²) >= 11 is 0. The van der Waals surface area contributed by atoms with E-state index in [4.69, 9.17) is 10.1 Å². The maximum absolute atomic E-state index is 8.60. The molecule has 150 valence electrons. The number of amidine groups is 1. The topological polar surface area (TPSA) is 77.9 Å². The van der Waals surface area contributed by atoms with E-state index in [9.17, 15) is 0 Å². The van der Waals surface area contributed by atoms with Crippen molar-refractivity contribution in [2.24, 2.45) is 0 Å². The largest absolute Gasteiger partial charge is 0.378 e. The number of ether oxygens (including phenoxy) is 1. The van der Waals surface area contributed by atoms with Gasteiger partial charge < -0.3 is 9.64 Å². The lowest BCUT2D eigenvalue weighted by molar-refractivity contribution is 0.0680. The van der Waals surface area contributed by atoms with Gasteiger partial charge in [0.25, 0.3) is 0 Å². The third-order valence-electron chi connectivity index (χ3n) is 5.62. The minimum absolute atomic E-state index is 0.540. The number of nitrogens with one attached hydrogen (secondary N) is 2. The van der Waals surface area contributed by atoms with Crippen molar-refractivity contribution < 1.29 is 4.74 Å². The summed E-state index contributed by atoms with van der Waals surface area (Å²) in [5.74, 6) is 0.540. The van der Waals surface area contributed by atoms with Crippen LogP contribution in [0.3, 0.4) is 0 Å². The molecular formula is C24H23N5O. The Balaban J connectivity index is 1.53. The number of morpholine rings is 1. The normalized spacial score (nSPS) is 14.2. The average Bonchev–Trinajstić information content (AvgIpc) is 3.22. The van der Waals surface area contributed by atoms with E-state index < -0.39 is 0 Å². The highest BCUT2D eigenvalue weighted by molar-refractivity contribution is 5.98. The predicted octanol–water partition coefficient (Wildman–Crippen LogP) is 4.26. The standard InChI is InChI=1S/C24H23N5O/c1-16-5-2-3-8-20(16)22-21-14-19(15-26-24(21)28-27-22)17-6-4-7-18(13-17)23(25)29-9-11-30-12-10-29/h2-8,13-15,25H,9-12H2,1H3,(H,26,27,28). The number of rotatable bonds is 3. The van der Waals surface area contributed by atoms with Crippen molar-refractivity contribution in [3.63, 3.8) is 0 Å². The average molecular weight is 397 g/mol. The Morgan fingerprint density at radius 2 is 1.87 bits per heavy atom. The van der Waals surface area contributed by atoms with Gasteiger partial charge in [-0.3, -0.25) is 10.5 Å². The monoisotopic (exact) mass is 397 g/mol. The summed E-state index contributed by atoms with van der Waals surface area (Å²) in [7, 11) is 0. The van der Waals surface area contributed by atoms with E-state index in [-0.39, 0.29) is 0 Å². The Morgan fingerprint density at radius 3 is 2.70 bits per heavy atom. The molecule has 1 aliphatic rings. The van der Waals surface area contributed by atoms with Gasteiger partial charge in [-0.2, -0.15) is 5.10 Å². The molecule has 5 rings (SSSR count). The van der Waals surface area contributed by atoms with Crippen LogP contribution in [0.15, 0.2) is 60.8 Å². The summed E-state index contributed by atoms with van der Waals surface area (Å²) < 4.78 is 5.41. The Labute approximate surface area is 175 Å². The molecule has 2 N–H and O–H groups in total. The van der Waals surface area contributed by atoms with Crippen LogP contribution in [-0.2, 0) is 4.74 Å². The number of benzene rings is 2. The first-order valence-electron chi connectivity index (χ1n) is 10.1. The van der Waals surface area contributed by atoms with Crippen molar-refractivity contribution in [3.05, 3.63) is 71.9 Å². The maximum Gasteiger partial charge on any atom is 0.181 e. The zero-order chi connectivity index (χ0) is 20.5. The summed E-state index contributed by atoms with van der Waals surface area (Å²) in [5.41, 5.74) is 6.95. The molecule has 0 unspecified atom stereocenters. The van der Waals surface area contributed by atoms with Crippen LogP contribution >= 0.6 is 0 Å². The van der Waals surface area contributed by atoms with E-state index in [0.717, 1.165) is 46.4 Å². The number of aromatic nitrogens is 3. The summed E-state index contributed by atoms with van der Waals surface area (Å²) in [6.45, 7) is 4.95. The lowest BCUT2D eigenvalue weighted by Crippen LogP contribution is -2.40. The summed E-state index contributed by atoms with van der Waals surface area (Å²) in [6, 6.07) is 18.5. The fourth-order valence-corrected chi connectivity index (χ4v) is 3.93. The van der Waals surface area contributed by atoms with Gasteiger partial charge >= 0.3 is 0 Å². The molecule has 6 nitrogen and oxygen atoms in total. The zero-order valence-corrected chi connectivity index (χ0v) is 16.9. The van der Waals surface area contributed by atoms with Crippen LogP contribution < -0.4 is 0 Å². The molecule has 6 heteroatoms. The second-order valence-electron chi connectivity index (χ2n) is 7.54. The molecule has 0 amide bonds. The van der Waals surface area contributed by atoms with Crippen molar-refractivity contribution in [1.82, 2.24) is 20.1 Å². The lowest BCUT2D eigenvalue weighted by atomic mass is 10.00. The van der Waals surface area contributed by atoms with Gasteiger partial charge in [0.15, 0.2) is 5.65 Å². The van der Waals surface area contributed by atoms with Gasteiger partial charge in [-0.1, -0.05) is 42.5 Å². The van der Waals surface area contributed by atoms with E-state index >= 15 is 0 Å². The number of pyridine rings is 1. The molecule has 0 bridgehead atoms. The predicted molar refractivity (Wildman–Crippen MR) is 119 cm³/mol. The van der Waals surface area contributed by atoms with Crippen molar-refractivity contribution in [2.45, 2.75) is 6.92 Å². The van der Waals surface area contributed by atoms with E-state index in [1.165, 1.54) is 5.56 Å².